The van der Waals surface area contributed by atoms with Crippen LogP contribution in [0.4, 0.5) is 4.79 Å². The summed E-state index contributed by atoms with van der Waals surface area (Å²) in [5.74, 6) is -0.331. The molecular formula is C11H22N2O4. The molecule has 6 nitrogen and oxygen atoms in total. The average Bonchev–Trinajstić information content (AvgIpc) is 2.20. The molecule has 0 aromatic rings. The van der Waals surface area contributed by atoms with Gasteiger partial charge in [-0.3, -0.25) is 4.79 Å². The highest BCUT2D eigenvalue weighted by atomic mass is 16.6. The van der Waals surface area contributed by atoms with Crippen LogP contribution in [0.1, 0.15) is 27.7 Å². The van der Waals surface area contributed by atoms with Crippen molar-refractivity contribution in [1.29, 1.82) is 0 Å². The number of amides is 1. The van der Waals surface area contributed by atoms with Crippen LogP contribution >= 0.6 is 0 Å². The summed E-state index contributed by atoms with van der Waals surface area (Å²) in [6, 6.07) is -0.388. The van der Waals surface area contributed by atoms with E-state index in [1.807, 2.05) is 0 Å². The molecule has 17 heavy (non-hydrogen) atoms. The van der Waals surface area contributed by atoms with Crippen LogP contribution in [0, 0.1) is 0 Å². The molecule has 1 amide bonds. The Kier molecular flexibility index (Phi) is 6.57. The summed E-state index contributed by atoms with van der Waals surface area (Å²) < 4.78 is 9.59. The Bertz CT molecular complexity index is 261. The van der Waals surface area contributed by atoms with Gasteiger partial charge in [0.2, 0.25) is 0 Å². The lowest BCUT2D eigenvalue weighted by Crippen LogP contribution is -2.41. The van der Waals surface area contributed by atoms with Gasteiger partial charge in [-0.25, -0.2) is 4.79 Å². The first-order valence-corrected chi connectivity index (χ1v) is 5.54. The SMILES string of the molecule is COC(=O)[C@@H](C)NCCNC(=O)OC(C)(C)C. The highest BCUT2D eigenvalue weighted by Crippen LogP contribution is 2.05. The molecule has 0 aliphatic rings. The van der Waals surface area contributed by atoms with E-state index in [1.165, 1.54) is 7.11 Å². The van der Waals surface area contributed by atoms with Gasteiger partial charge in [-0.2, -0.15) is 0 Å². The van der Waals surface area contributed by atoms with Gasteiger partial charge in [0.15, 0.2) is 0 Å². The minimum absolute atomic E-state index is 0.331. The first-order valence-electron chi connectivity index (χ1n) is 5.54. The van der Waals surface area contributed by atoms with Gasteiger partial charge in [0.1, 0.15) is 11.6 Å². The van der Waals surface area contributed by atoms with Crippen molar-refractivity contribution in [3.8, 4) is 0 Å². The molecule has 6 heteroatoms. The predicted molar refractivity (Wildman–Crippen MR) is 63.7 cm³/mol. The van der Waals surface area contributed by atoms with E-state index < -0.39 is 11.7 Å². The number of methoxy groups -OCH3 is 1. The van der Waals surface area contributed by atoms with E-state index in [9.17, 15) is 9.59 Å². The van der Waals surface area contributed by atoms with Gasteiger partial charge in [-0.15, -0.1) is 0 Å². The summed E-state index contributed by atoms with van der Waals surface area (Å²) in [7, 11) is 1.33. The zero-order chi connectivity index (χ0) is 13.5. The van der Waals surface area contributed by atoms with Crippen LogP contribution in [0.5, 0.6) is 0 Å². The van der Waals surface area contributed by atoms with Crippen molar-refractivity contribution in [2.45, 2.75) is 39.3 Å². The maximum Gasteiger partial charge on any atom is 0.407 e. The molecule has 100 valence electrons. The molecule has 0 aromatic carbocycles. The van der Waals surface area contributed by atoms with Gasteiger partial charge >= 0.3 is 12.1 Å². The van der Waals surface area contributed by atoms with Crippen LogP contribution in [0.15, 0.2) is 0 Å². The standard InChI is InChI=1S/C11H22N2O4/c1-8(9(14)16-5)12-6-7-13-10(15)17-11(2,3)4/h8,12H,6-7H2,1-5H3,(H,13,15)/t8-/m1/s1. The predicted octanol–water partition coefficient (Wildman–Crippen LogP) is 0.662. The number of hydrogen-bond acceptors (Lipinski definition) is 5. The highest BCUT2D eigenvalue weighted by molar-refractivity contribution is 5.75. The Balaban J connectivity index is 3.65. The molecule has 0 saturated heterocycles. The smallest absolute Gasteiger partial charge is 0.407 e. The number of nitrogens with one attached hydrogen (secondary N) is 2. The molecule has 0 spiro atoms. The third kappa shape index (κ3) is 8.50. The largest absolute Gasteiger partial charge is 0.468 e. The lowest BCUT2D eigenvalue weighted by atomic mass is 10.2. The fourth-order valence-corrected chi connectivity index (χ4v) is 1.03. The molecule has 0 bridgehead atoms. The molecule has 0 aromatic heterocycles. The Morgan fingerprint density at radius 3 is 2.29 bits per heavy atom. The van der Waals surface area contributed by atoms with E-state index in [4.69, 9.17) is 4.74 Å². The van der Waals surface area contributed by atoms with Gasteiger partial charge in [-0.05, 0) is 27.7 Å². The average molecular weight is 246 g/mol. The minimum atomic E-state index is -0.503. The van der Waals surface area contributed by atoms with Gasteiger partial charge in [0.25, 0.3) is 0 Å². The Hall–Kier alpha value is -1.30. The maximum absolute atomic E-state index is 11.2. The summed E-state index contributed by atoms with van der Waals surface area (Å²) in [5.41, 5.74) is -0.503. The van der Waals surface area contributed by atoms with Crippen molar-refractivity contribution in [2.24, 2.45) is 0 Å². The fourth-order valence-electron chi connectivity index (χ4n) is 1.03. The summed E-state index contributed by atoms with van der Waals surface area (Å²) in [6.45, 7) is 7.93. The van der Waals surface area contributed by atoms with Crippen LogP contribution < -0.4 is 10.6 Å². The molecule has 0 fully saturated rings. The van der Waals surface area contributed by atoms with E-state index in [0.29, 0.717) is 13.1 Å². The van der Waals surface area contributed by atoms with Crippen LogP contribution in [0.2, 0.25) is 0 Å². The molecule has 0 heterocycles. The molecule has 0 aliphatic carbocycles. The van der Waals surface area contributed by atoms with Gasteiger partial charge in [-0.1, -0.05) is 0 Å². The van der Waals surface area contributed by atoms with E-state index in [-0.39, 0.29) is 12.0 Å². The normalized spacial score (nSPS) is 12.8. The number of hydrogen-bond donors (Lipinski definition) is 2. The van der Waals surface area contributed by atoms with Crippen molar-refractivity contribution in [3.05, 3.63) is 0 Å². The summed E-state index contributed by atoms with van der Waals surface area (Å²) in [5, 5.41) is 5.48. The maximum atomic E-state index is 11.2. The third-order valence-corrected chi connectivity index (χ3v) is 1.80. The minimum Gasteiger partial charge on any atom is -0.468 e. The van der Waals surface area contributed by atoms with Crippen LogP contribution in [-0.4, -0.2) is 43.9 Å². The van der Waals surface area contributed by atoms with Crippen LogP contribution in [-0.2, 0) is 14.3 Å². The zero-order valence-electron chi connectivity index (χ0n) is 11.1. The number of carbonyl (C=O) groups is 2. The Morgan fingerprint density at radius 1 is 1.24 bits per heavy atom. The molecule has 0 aliphatic heterocycles. The van der Waals surface area contributed by atoms with Crippen molar-refractivity contribution in [1.82, 2.24) is 10.6 Å². The van der Waals surface area contributed by atoms with Crippen molar-refractivity contribution in [3.63, 3.8) is 0 Å². The Morgan fingerprint density at radius 2 is 1.82 bits per heavy atom. The third-order valence-electron chi connectivity index (χ3n) is 1.80. The molecular weight excluding hydrogens is 224 g/mol. The topological polar surface area (TPSA) is 76.7 Å². The summed E-state index contributed by atoms with van der Waals surface area (Å²) >= 11 is 0. The summed E-state index contributed by atoms with van der Waals surface area (Å²) in [6.07, 6.45) is -0.468. The number of carbonyl (C=O) groups excluding carboxylic acids is 2. The number of rotatable bonds is 5. The van der Waals surface area contributed by atoms with Crippen molar-refractivity contribution in [2.75, 3.05) is 20.2 Å². The lowest BCUT2D eigenvalue weighted by molar-refractivity contribution is -0.142. The van der Waals surface area contributed by atoms with Crippen molar-refractivity contribution >= 4 is 12.1 Å². The zero-order valence-corrected chi connectivity index (χ0v) is 11.1. The van der Waals surface area contributed by atoms with Crippen molar-refractivity contribution < 1.29 is 19.1 Å². The van der Waals surface area contributed by atoms with E-state index in [2.05, 4.69) is 15.4 Å². The monoisotopic (exact) mass is 246 g/mol. The second-order valence-electron chi connectivity index (χ2n) is 4.63. The first kappa shape index (κ1) is 15.7. The molecule has 0 rings (SSSR count). The molecule has 0 unspecified atom stereocenters. The highest BCUT2D eigenvalue weighted by Gasteiger charge is 2.16. The second kappa shape index (κ2) is 7.11. The summed E-state index contributed by atoms with van der Waals surface area (Å²) in [4.78, 5) is 22.3. The molecule has 2 N–H and O–H groups in total. The molecule has 0 radical (unpaired) electrons. The van der Waals surface area contributed by atoms with Crippen LogP contribution in [0.3, 0.4) is 0 Å². The van der Waals surface area contributed by atoms with E-state index >= 15 is 0 Å². The lowest BCUT2D eigenvalue weighted by Gasteiger charge is -2.20. The number of ether oxygens (including phenoxy) is 2. The quantitative estimate of drug-likeness (QED) is 0.550. The number of alkyl carbamates (subject to hydrolysis) is 1. The van der Waals surface area contributed by atoms with E-state index in [0.717, 1.165) is 0 Å². The van der Waals surface area contributed by atoms with E-state index in [1.54, 1.807) is 27.7 Å². The number of esters is 1. The first-order chi connectivity index (χ1) is 7.76. The molecule has 0 saturated carbocycles. The fraction of sp³-hybridized carbons (Fsp3) is 0.818. The molecule has 1 atom stereocenters. The van der Waals surface area contributed by atoms with Gasteiger partial charge in [0.05, 0.1) is 7.11 Å². The van der Waals surface area contributed by atoms with Crippen LogP contribution in [0.25, 0.3) is 0 Å². The van der Waals surface area contributed by atoms with Gasteiger partial charge < -0.3 is 20.1 Å². The van der Waals surface area contributed by atoms with Gasteiger partial charge in [0, 0.05) is 13.1 Å². The Labute approximate surface area is 102 Å². The second-order valence-corrected chi connectivity index (χ2v) is 4.63.